The average Bonchev–Trinajstić information content (AvgIpc) is 3.25. The van der Waals surface area contributed by atoms with Crippen molar-refractivity contribution in [1.29, 1.82) is 0 Å². The van der Waals surface area contributed by atoms with Crippen molar-refractivity contribution in [3.63, 3.8) is 0 Å². The van der Waals surface area contributed by atoms with Gasteiger partial charge in [-0.1, -0.05) is 18.2 Å². The predicted molar refractivity (Wildman–Crippen MR) is 103 cm³/mol. The summed E-state index contributed by atoms with van der Waals surface area (Å²) in [6.45, 7) is 3.15. The van der Waals surface area contributed by atoms with E-state index >= 15 is 0 Å². The molecule has 1 amide bonds. The summed E-state index contributed by atoms with van der Waals surface area (Å²) in [5.41, 5.74) is 3.11. The lowest BCUT2D eigenvalue weighted by atomic mass is 10.1. The van der Waals surface area contributed by atoms with E-state index in [2.05, 4.69) is 5.10 Å². The third-order valence-corrected chi connectivity index (χ3v) is 7.79. The summed E-state index contributed by atoms with van der Waals surface area (Å²) in [4.78, 5) is 14.4. The molecule has 1 aromatic carbocycles. The molecule has 0 saturated carbocycles. The quantitative estimate of drug-likeness (QED) is 0.802. The van der Waals surface area contributed by atoms with Crippen molar-refractivity contribution in [3.8, 4) is 0 Å². The van der Waals surface area contributed by atoms with Gasteiger partial charge in [-0.15, -0.1) is 0 Å². The Balaban J connectivity index is 1.55. The van der Waals surface area contributed by atoms with E-state index in [1.807, 2.05) is 31.2 Å². The maximum absolute atomic E-state index is 13.3. The number of hydrogen-bond donors (Lipinski definition) is 0. The molecule has 3 heterocycles. The molecule has 0 unspecified atom stereocenters. The van der Waals surface area contributed by atoms with E-state index in [0.29, 0.717) is 31.6 Å². The van der Waals surface area contributed by atoms with E-state index in [-0.39, 0.29) is 12.5 Å². The number of sulfonamides is 1. The smallest absolute Gasteiger partial charge is 0.274 e. The number of amides is 1. The van der Waals surface area contributed by atoms with Crippen LogP contribution in [-0.2, 0) is 23.5 Å². The van der Waals surface area contributed by atoms with Crippen LogP contribution in [0.1, 0.15) is 34.6 Å². The number of nitrogens with zero attached hydrogens (tertiary/aromatic N) is 4. The monoisotopic (exact) mass is 388 g/mol. The Labute approximate surface area is 159 Å². The third-order valence-electron chi connectivity index (χ3n) is 5.57. The van der Waals surface area contributed by atoms with Gasteiger partial charge in [0.05, 0.1) is 10.9 Å². The lowest BCUT2D eigenvalue weighted by Crippen LogP contribution is -2.49. The van der Waals surface area contributed by atoms with Gasteiger partial charge < -0.3 is 4.90 Å². The Kier molecular flexibility index (Phi) is 4.46. The zero-order valence-electron chi connectivity index (χ0n) is 15.6. The summed E-state index contributed by atoms with van der Waals surface area (Å²) in [6, 6.07) is 9.39. The van der Waals surface area contributed by atoms with Gasteiger partial charge in [-0.2, -0.15) is 5.10 Å². The number of fused-ring (bicyclic) bond motifs is 1. The molecule has 0 radical (unpaired) electrons. The number of aryl methyl sites for hydroxylation is 2. The number of carbonyl (C=O) groups excluding carboxylic acids is 1. The van der Waals surface area contributed by atoms with E-state index in [1.54, 1.807) is 22.7 Å². The highest BCUT2D eigenvalue weighted by atomic mass is 32.2. The van der Waals surface area contributed by atoms with Crippen molar-refractivity contribution in [2.75, 3.05) is 23.9 Å². The molecule has 2 aliphatic heterocycles. The average molecular weight is 388 g/mol. The van der Waals surface area contributed by atoms with Crippen molar-refractivity contribution in [1.82, 2.24) is 14.7 Å². The fraction of sp³-hybridized carbons (Fsp3) is 0.474. The molecule has 1 atom stereocenters. The number of likely N-dealkylation sites (tertiary alicyclic amines) is 1. The summed E-state index contributed by atoms with van der Waals surface area (Å²) >= 11 is 0. The second-order valence-electron chi connectivity index (χ2n) is 7.31. The first-order valence-electron chi connectivity index (χ1n) is 9.27. The minimum absolute atomic E-state index is 0.194. The lowest BCUT2D eigenvalue weighted by Gasteiger charge is -2.34. The van der Waals surface area contributed by atoms with E-state index in [4.69, 9.17) is 0 Å². The molecule has 0 N–H and O–H groups in total. The third kappa shape index (κ3) is 3.12. The van der Waals surface area contributed by atoms with Crippen molar-refractivity contribution in [2.45, 2.75) is 31.4 Å². The van der Waals surface area contributed by atoms with Gasteiger partial charge in [0.2, 0.25) is 10.0 Å². The fourth-order valence-corrected chi connectivity index (χ4v) is 5.94. The SMILES string of the molecule is Cc1cc(C(=O)N2CCC[C@H](S(=O)(=O)N3CCc4ccccc43)C2)nn1C. The Bertz CT molecular complexity index is 963. The molecule has 0 spiro atoms. The lowest BCUT2D eigenvalue weighted by molar-refractivity contribution is 0.0720. The Morgan fingerprint density at radius 3 is 2.74 bits per heavy atom. The molecule has 0 bridgehead atoms. The van der Waals surface area contributed by atoms with Gasteiger partial charge in [0, 0.05) is 32.4 Å². The van der Waals surface area contributed by atoms with Crippen LogP contribution >= 0.6 is 0 Å². The number of hydrogen-bond acceptors (Lipinski definition) is 4. The number of anilines is 1. The van der Waals surface area contributed by atoms with Gasteiger partial charge in [0.15, 0.2) is 5.69 Å². The Hall–Kier alpha value is -2.35. The van der Waals surface area contributed by atoms with Crippen LogP contribution in [-0.4, -0.2) is 53.9 Å². The number of aromatic nitrogens is 2. The zero-order valence-corrected chi connectivity index (χ0v) is 16.4. The highest BCUT2D eigenvalue weighted by molar-refractivity contribution is 7.93. The predicted octanol–water partition coefficient (Wildman–Crippen LogP) is 1.73. The summed E-state index contributed by atoms with van der Waals surface area (Å²) in [7, 11) is -1.72. The van der Waals surface area contributed by atoms with Crippen LogP contribution < -0.4 is 4.31 Å². The van der Waals surface area contributed by atoms with Gasteiger partial charge >= 0.3 is 0 Å². The molecular formula is C19H24N4O3S. The number of rotatable bonds is 3. The largest absolute Gasteiger partial charge is 0.336 e. The van der Waals surface area contributed by atoms with Gasteiger partial charge in [-0.3, -0.25) is 13.8 Å². The topological polar surface area (TPSA) is 75.5 Å². The first kappa shape index (κ1) is 18.0. The summed E-state index contributed by atoms with van der Waals surface area (Å²) in [5, 5.41) is 3.67. The van der Waals surface area contributed by atoms with Crippen LogP contribution in [0.5, 0.6) is 0 Å². The molecule has 27 heavy (non-hydrogen) atoms. The van der Waals surface area contributed by atoms with E-state index in [9.17, 15) is 13.2 Å². The number of carbonyl (C=O) groups is 1. The van der Waals surface area contributed by atoms with Gasteiger partial charge in [-0.05, 0) is 43.9 Å². The molecule has 1 fully saturated rings. The van der Waals surface area contributed by atoms with Crippen LogP contribution in [0.25, 0.3) is 0 Å². The molecule has 2 aromatic rings. The van der Waals surface area contributed by atoms with Crippen LogP contribution in [0.15, 0.2) is 30.3 Å². The number of benzene rings is 1. The van der Waals surface area contributed by atoms with Crippen molar-refractivity contribution in [2.24, 2.45) is 7.05 Å². The Morgan fingerprint density at radius 1 is 1.22 bits per heavy atom. The second-order valence-corrected chi connectivity index (χ2v) is 9.44. The molecule has 2 aliphatic rings. The van der Waals surface area contributed by atoms with Crippen LogP contribution in [0.3, 0.4) is 0 Å². The summed E-state index contributed by atoms with van der Waals surface area (Å²) in [6.07, 6.45) is 1.99. The number of piperidine rings is 1. The van der Waals surface area contributed by atoms with Crippen LogP contribution in [0, 0.1) is 6.92 Å². The minimum atomic E-state index is -3.51. The van der Waals surface area contributed by atoms with Crippen LogP contribution in [0.4, 0.5) is 5.69 Å². The molecule has 1 saturated heterocycles. The number of para-hydroxylation sites is 1. The van der Waals surface area contributed by atoms with Crippen LogP contribution in [0.2, 0.25) is 0 Å². The van der Waals surface area contributed by atoms with Crippen molar-refractivity contribution in [3.05, 3.63) is 47.3 Å². The van der Waals surface area contributed by atoms with E-state index < -0.39 is 15.3 Å². The van der Waals surface area contributed by atoms with Crippen molar-refractivity contribution < 1.29 is 13.2 Å². The first-order chi connectivity index (χ1) is 12.9. The van der Waals surface area contributed by atoms with Gasteiger partial charge in [0.1, 0.15) is 0 Å². The molecule has 144 valence electrons. The van der Waals surface area contributed by atoms with Gasteiger partial charge in [-0.25, -0.2) is 8.42 Å². The van der Waals surface area contributed by atoms with E-state index in [0.717, 1.165) is 23.4 Å². The molecule has 7 nitrogen and oxygen atoms in total. The van der Waals surface area contributed by atoms with E-state index in [1.165, 1.54) is 4.31 Å². The highest BCUT2D eigenvalue weighted by Crippen LogP contribution is 2.33. The molecular weight excluding hydrogens is 364 g/mol. The highest BCUT2D eigenvalue weighted by Gasteiger charge is 2.39. The first-order valence-corrected chi connectivity index (χ1v) is 10.8. The molecule has 0 aliphatic carbocycles. The van der Waals surface area contributed by atoms with Gasteiger partial charge in [0.25, 0.3) is 5.91 Å². The summed E-state index contributed by atoms with van der Waals surface area (Å²) in [5.74, 6) is -0.194. The normalized spacial score (nSPS) is 20.0. The second kappa shape index (κ2) is 6.67. The molecule has 8 heteroatoms. The van der Waals surface area contributed by atoms with Crippen molar-refractivity contribution >= 4 is 21.6 Å². The summed E-state index contributed by atoms with van der Waals surface area (Å²) < 4.78 is 29.8. The maximum atomic E-state index is 13.3. The maximum Gasteiger partial charge on any atom is 0.274 e. The fourth-order valence-electron chi connectivity index (χ4n) is 3.95. The Morgan fingerprint density at radius 2 is 2.00 bits per heavy atom. The standard InChI is InChI=1S/C19H24N4O3S/c1-14-12-17(20-21(14)2)19(24)22-10-5-7-16(13-22)27(25,26)23-11-9-15-6-3-4-8-18(15)23/h3-4,6,8,12,16H,5,7,9-11,13H2,1-2H3/t16-/m0/s1. The molecule has 1 aromatic heterocycles. The minimum Gasteiger partial charge on any atom is -0.336 e. The molecule has 4 rings (SSSR count). The zero-order chi connectivity index (χ0) is 19.2.